The molecule has 1 fully saturated rings. The highest BCUT2D eigenvalue weighted by atomic mass is 19.2. The van der Waals surface area contributed by atoms with E-state index < -0.39 is 11.6 Å². The van der Waals surface area contributed by atoms with Crippen LogP contribution in [0.2, 0.25) is 0 Å². The van der Waals surface area contributed by atoms with Gasteiger partial charge in [0, 0.05) is 17.5 Å². The monoisotopic (exact) mass is 406 g/mol. The van der Waals surface area contributed by atoms with E-state index in [-0.39, 0.29) is 23.7 Å². The molecule has 3 aliphatic rings. The minimum atomic E-state index is -0.841. The van der Waals surface area contributed by atoms with Gasteiger partial charge >= 0.3 is 0 Å². The minimum absolute atomic E-state index is 0.00439. The van der Waals surface area contributed by atoms with Crippen molar-refractivity contribution in [2.75, 3.05) is 0 Å². The number of hydrogen-bond donors (Lipinski definition) is 0. The number of benzene rings is 1. The second-order valence-electron chi connectivity index (χ2n) is 9.45. The summed E-state index contributed by atoms with van der Waals surface area (Å²) >= 11 is 0. The average Bonchev–Trinajstić information content (AvgIpc) is 3.19. The molecule has 162 valence electrons. The Labute approximate surface area is 174 Å². The molecule has 4 heteroatoms. The normalized spacial score (nSPS) is 28.4. The number of ether oxygens (including phenoxy) is 2. The molecule has 2 unspecified atom stereocenters. The highest BCUT2D eigenvalue weighted by Crippen LogP contribution is 2.47. The SMILES string of the molecule is CCCCCC1CCc2c3c(c(F)c(F)c2O1)OC(C1CCC(CCC)CC1)C3. The highest BCUT2D eigenvalue weighted by Gasteiger charge is 2.40. The van der Waals surface area contributed by atoms with Crippen LogP contribution < -0.4 is 9.47 Å². The molecule has 0 radical (unpaired) electrons. The van der Waals surface area contributed by atoms with E-state index in [0.717, 1.165) is 68.4 Å². The summed E-state index contributed by atoms with van der Waals surface area (Å²) in [7, 11) is 0. The molecule has 1 aromatic carbocycles. The lowest BCUT2D eigenvalue weighted by molar-refractivity contribution is 0.107. The molecule has 2 atom stereocenters. The molecule has 0 bridgehead atoms. The van der Waals surface area contributed by atoms with Gasteiger partial charge in [-0.05, 0) is 50.4 Å². The lowest BCUT2D eigenvalue weighted by Crippen LogP contribution is -2.29. The van der Waals surface area contributed by atoms with Gasteiger partial charge in [0.25, 0.3) is 0 Å². The smallest absolute Gasteiger partial charge is 0.204 e. The minimum Gasteiger partial charge on any atom is -0.487 e. The summed E-state index contributed by atoms with van der Waals surface area (Å²) in [5.41, 5.74) is 1.75. The Balaban J connectivity index is 1.47. The molecule has 0 aromatic heterocycles. The van der Waals surface area contributed by atoms with Crippen molar-refractivity contribution in [1.29, 1.82) is 0 Å². The zero-order valence-electron chi connectivity index (χ0n) is 18.1. The van der Waals surface area contributed by atoms with E-state index in [1.165, 1.54) is 25.7 Å². The van der Waals surface area contributed by atoms with E-state index in [1.807, 2.05) is 0 Å². The van der Waals surface area contributed by atoms with Crippen LogP contribution in [0.1, 0.15) is 95.6 Å². The number of unbranched alkanes of at least 4 members (excludes halogenated alkanes) is 2. The fraction of sp³-hybridized carbons (Fsp3) is 0.760. The summed E-state index contributed by atoms with van der Waals surface area (Å²) in [6.07, 6.45) is 14.0. The summed E-state index contributed by atoms with van der Waals surface area (Å²) in [5.74, 6) is -0.0406. The third kappa shape index (κ3) is 4.27. The van der Waals surface area contributed by atoms with Gasteiger partial charge in [0.15, 0.2) is 11.5 Å². The maximum Gasteiger partial charge on any atom is 0.204 e. The Hall–Kier alpha value is -1.32. The first-order chi connectivity index (χ1) is 14.1. The fourth-order valence-corrected chi connectivity index (χ4v) is 5.73. The Morgan fingerprint density at radius 2 is 1.52 bits per heavy atom. The molecule has 0 amide bonds. The molecular formula is C25H36F2O2. The Bertz CT molecular complexity index is 710. The number of fused-ring (bicyclic) bond motifs is 3. The van der Waals surface area contributed by atoms with Crippen LogP contribution in [0.4, 0.5) is 8.78 Å². The topological polar surface area (TPSA) is 18.5 Å². The largest absolute Gasteiger partial charge is 0.487 e. The zero-order valence-corrected chi connectivity index (χ0v) is 18.1. The van der Waals surface area contributed by atoms with Gasteiger partial charge in [-0.25, -0.2) is 0 Å². The van der Waals surface area contributed by atoms with E-state index in [4.69, 9.17) is 9.47 Å². The fourth-order valence-electron chi connectivity index (χ4n) is 5.73. The van der Waals surface area contributed by atoms with E-state index in [9.17, 15) is 8.78 Å². The van der Waals surface area contributed by atoms with Crippen LogP contribution in [0.3, 0.4) is 0 Å². The molecule has 0 N–H and O–H groups in total. The predicted octanol–water partition coefficient (Wildman–Crippen LogP) is 7.15. The van der Waals surface area contributed by atoms with Gasteiger partial charge in [-0.1, -0.05) is 52.4 Å². The summed E-state index contributed by atoms with van der Waals surface area (Å²) in [6.45, 7) is 4.42. The van der Waals surface area contributed by atoms with E-state index >= 15 is 0 Å². The van der Waals surface area contributed by atoms with Gasteiger partial charge in [0.05, 0.1) is 6.10 Å². The second kappa shape index (κ2) is 9.22. The van der Waals surface area contributed by atoms with Gasteiger partial charge in [0.2, 0.25) is 11.6 Å². The van der Waals surface area contributed by atoms with Gasteiger partial charge in [-0.2, -0.15) is 8.78 Å². The summed E-state index contributed by atoms with van der Waals surface area (Å²) in [4.78, 5) is 0. The highest BCUT2D eigenvalue weighted by molar-refractivity contribution is 5.54. The van der Waals surface area contributed by atoms with E-state index in [2.05, 4.69) is 13.8 Å². The lowest BCUT2D eigenvalue weighted by Gasteiger charge is -2.31. The molecule has 1 aliphatic carbocycles. The molecule has 1 saturated carbocycles. The second-order valence-corrected chi connectivity index (χ2v) is 9.45. The van der Waals surface area contributed by atoms with E-state index in [1.54, 1.807) is 0 Å². The average molecular weight is 407 g/mol. The standard InChI is InChI=1S/C25H36F2O2/c1-3-5-6-8-18-13-14-19-20-15-21(17-11-9-16(7-4-2)10-12-17)29-25(20)23(27)22(26)24(19)28-18/h16-18,21H,3-15H2,1-2H3. The first kappa shape index (κ1) is 20.9. The van der Waals surface area contributed by atoms with Crippen LogP contribution in [0, 0.1) is 23.5 Å². The molecule has 1 aromatic rings. The van der Waals surface area contributed by atoms with Crippen LogP contribution >= 0.6 is 0 Å². The van der Waals surface area contributed by atoms with Crippen LogP contribution in [0.5, 0.6) is 11.5 Å². The maximum absolute atomic E-state index is 14.8. The lowest BCUT2D eigenvalue weighted by atomic mass is 9.77. The number of rotatable bonds is 7. The quantitative estimate of drug-likeness (QED) is 0.448. The Morgan fingerprint density at radius 3 is 2.21 bits per heavy atom. The van der Waals surface area contributed by atoms with Gasteiger partial charge in [0.1, 0.15) is 6.10 Å². The summed E-state index contributed by atoms with van der Waals surface area (Å²) in [6, 6.07) is 0. The van der Waals surface area contributed by atoms with Crippen molar-refractivity contribution in [3.05, 3.63) is 22.8 Å². The van der Waals surface area contributed by atoms with Gasteiger partial charge < -0.3 is 9.47 Å². The van der Waals surface area contributed by atoms with Crippen LogP contribution in [-0.4, -0.2) is 12.2 Å². The van der Waals surface area contributed by atoms with Crippen molar-refractivity contribution in [2.45, 2.75) is 110 Å². The van der Waals surface area contributed by atoms with E-state index in [0.29, 0.717) is 12.3 Å². The maximum atomic E-state index is 14.8. The molecule has 2 aliphatic heterocycles. The van der Waals surface area contributed by atoms with Crippen LogP contribution in [-0.2, 0) is 12.8 Å². The number of halogens is 2. The Morgan fingerprint density at radius 1 is 0.793 bits per heavy atom. The molecule has 2 heterocycles. The van der Waals surface area contributed by atoms with Crippen molar-refractivity contribution in [3.8, 4) is 11.5 Å². The van der Waals surface area contributed by atoms with Crippen LogP contribution in [0.25, 0.3) is 0 Å². The molecular weight excluding hydrogens is 370 g/mol. The van der Waals surface area contributed by atoms with Crippen LogP contribution in [0.15, 0.2) is 0 Å². The van der Waals surface area contributed by atoms with Crippen molar-refractivity contribution in [1.82, 2.24) is 0 Å². The zero-order chi connectivity index (χ0) is 20.4. The molecule has 29 heavy (non-hydrogen) atoms. The first-order valence-electron chi connectivity index (χ1n) is 12.0. The predicted molar refractivity (Wildman–Crippen MR) is 112 cm³/mol. The third-order valence-corrected chi connectivity index (χ3v) is 7.42. The molecule has 0 spiro atoms. The van der Waals surface area contributed by atoms with Crippen molar-refractivity contribution >= 4 is 0 Å². The third-order valence-electron chi connectivity index (χ3n) is 7.42. The summed E-state index contributed by atoms with van der Waals surface area (Å²) in [5, 5.41) is 0. The number of hydrogen-bond acceptors (Lipinski definition) is 2. The molecule has 0 saturated heterocycles. The molecule has 2 nitrogen and oxygen atoms in total. The van der Waals surface area contributed by atoms with Crippen molar-refractivity contribution < 1.29 is 18.3 Å². The van der Waals surface area contributed by atoms with Crippen molar-refractivity contribution in [2.24, 2.45) is 11.8 Å². The summed E-state index contributed by atoms with van der Waals surface area (Å²) < 4.78 is 41.7. The molecule has 4 rings (SSSR count). The Kier molecular flexibility index (Phi) is 6.66. The van der Waals surface area contributed by atoms with Gasteiger partial charge in [-0.15, -0.1) is 0 Å². The van der Waals surface area contributed by atoms with Crippen molar-refractivity contribution in [3.63, 3.8) is 0 Å². The first-order valence-corrected chi connectivity index (χ1v) is 12.0. The van der Waals surface area contributed by atoms with Gasteiger partial charge in [-0.3, -0.25) is 0 Å².